The molecular formula is C25H37BrN2O6. The fourth-order valence-electron chi connectivity index (χ4n) is 6.79. The second-order valence-electron chi connectivity index (χ2n) is 10.2. The number of aliphatic carboxylic acids is 1. The molecule has 0 radical (unpaired) electrons. The van der Waals surface area contributed by atoms with Crippen LogP contribution in [-0.2, 0) is 19.1 Å². The van der Waals surface area contributed by atoms with Crippen molar-refractivity contribution in [2.45, 2.75) is 92.8 Å². The zero-order valence-electron chi connectivity index (χ0n) is 19.7. The second-order valence-corrected chi connectivity index (χ2v) is 11.4. The highest BCUT2D eigenvalue weighted by Crippen LogP contribution is 2.60. The van der Waals surface area contributed by atoms with Gasteiger partial charge in [0, 0.05) is 30.6 Å². The molecule has 4 aliphatic rings. The van der Waals surface area contributed by atoms with E-state index in [0.29, 0.717) is 32.4 Å². The Kier molecular flexibility index (Phi) is 8.04. The van der Waals surface area contributed by atoms with Crippen LogP contribution in [0.15, 0.2) is 12.7 Å². The number of hydrogen-bond acceptors (Lipinski definition) is 5. The lowest BCUT2D eigenvalue weighted by molar-refractivity contribution is -0.151. The van der Waals surface area contributed by atoms with Crippen LogP contribution in [0.4, 0.5) is 0 Å². The molecule has 0 aromatic carbocycles. The third-order valence-electron chi connectivity index (χ3n) is 8.24. The summed E-state index contributed by atoms with van der Waals surface area (Å²) in [6.07, 6.45) is 9.80. The maximum atomic E-state index is 14.2. The van der Waals surface area contributed by atoms with Gasteiger partial charge in [0.1, 0.15) is 11.6 Å². The minimum atomic E-state index is -1.12. The van der Waals surface area contributed by atoms with Gasteiger partial charge in [-0.2, -0.15) is 0 Å². The van der Waals surface area contributed by atoms with Crippen molar-refractivity contribution in [3.8, 4) is 0 Å². The molecule has 1 saturated carbocycles. The second kappa shape index (κ2) is 10.7. The van der Waals surface area contributed by atoms with Gasteiger partial charge in [-0.05, 0) is 32.1 Å². The molecule has 8 nitrogen and oxygen atoms in total. The lowest BCUT2D eigenvalue weighted by Gasteiger charge is -2.41. The number of alkyl halides is 1. The summed E-state index contributed by atoms with van der Waals surface area (Å²) in [5.41, 5.74) is -1.12. The van der Waals surface area contributed by atoms with Crippen LogP contribution in [0, 0.1) is 11.8 Å². The molecule has 0 aromatic heterocycles. The number of hydrogen-bond donors (Lipinski definition) is 2. The Bertz CT molecular complexity index is 802. The number of carbonyl (C=O) groups is 3. The lowest BCUT2D eigenvalue weighted by atomic mass is 9.70. The normalized spacial score (nSPS) is 34.9. The molecule has 3 saturated heterocycles. The maximum absolute atomic E-state index is 14.2. The Hall–Kier alpha value is -1.45. The molecule has 4 rings (SSSR count). The molecule has 2 bridgehead atoms. The molecule has 3 unspecified atom stereocenters. The van der Waals surface area contributed by atoms with Gasteiger partial charge in [0.25, 0.3) is 0 Å². The number of halogens is 1. The van der Waals surface area contributed by atoms with Gasteiger partial charge in [0.2, 0.25) is 11.8 Å². The first-order chi connectivity index (χ1) is 16.4. The molecule has 34 heavy (non-hydrogen) atoms. The minimum absolute atomic E-state index is 0.102. The van der Waals surface area contributed by atoms with Gasteiger partial charge in [-0.1, -0.05) is 54.1 Å². The van der Waals surface area contributed by atoms with Crippen LogP contribution < -0.4 is 0 Å². The van der Waals surface area contributed by atoms with Crippen LogP contribution >= 0.6 is 15.9 Å². The van der Waals surface area contributed by atoms with Crippen molar-refractivity contribution < 1.29 is 29.3 Å². The van der Waals surface area contributed by atoms with E-state index in [1.165, 1.54) is 0 Å². The van der Waals surface area contributed by atoms with E-state index in [2.05, 4.69) is 22.5 Å². The van der Waals surface area contributed by atoms with E-state index >= 15 is 0 Å². The number of carboxylic acid groups (broad SMARTS) is 1. The molecule has 1 aliphatic carbocycles. The quantitative estimate of drug-likeness (QED) is 0.237. The van der Waals surface area contributed by atoms with Crippen LogP contribution in [0.5, 0.6) is 0 Å². The van der Waals surface area contributed by atoms with Crippen LogP contribution in [-0.4, -0.2) is 86.1 Å². The first-order valence-corrected chi connectivity index (χ1v) is 13.7. The summed E-state index contributed by atoms with van der Waals surface area (Å²) < 4.78 is 6.37. The first kappa shape index (κ1) is 25.6. The summed E-state index contributed by atoms with van der Waals surface area (Å²) in [7, 11) is 0. The van der Waals surface area contributed by atoms with Gasteiger partial charge in [0.15, 0.2) is 0 Å². The molecule has 0 aromatic rings. The molecule has 2 N–H and O–H groups in total. The largest absolute Gasteiger partial charge is 0.481 e. The number of unbranched alkanes of at least 4 members (excludes halogenated alkanes) is 3. The standard InChI is InChI=1S/C25H37BrN2O6/c1-2-12-27(16-10-6-5-7-11-16)23(31)21-25-15-17(26)20(34-25)18(24(32)33)19(25)22(30)28(21)13-8-3-4-9-14-29/h2,16-21,29H,1,3-15H2,(H,32,33)/t17?,18-,19+,20-,21?,25?/m1/s1. The summed E-state index contributed by atoms with van der Waals surface area (Å²) in [6, 6.07) is -0.719. The SMILES string of the molecule is C=CCN(C(=O)C1N(CCCCCCO)C(=O)[C@@H]2[C@@H](C(=O)O)[C@@H]3OC12CC3Br)C1CCCCC1. The summed E-state index contributed by atoms with van der Waals surface area (Å²) in [4.78, 5) is 43.5. The highest BCUT2D eigenvalue weighted by atomic mass is 79.9. The topological polar surface area (TPSA) is 107 Å². The Morgan fingerprint density at radius 3 is 2.56 bits per heavy atom. The van der Waals surface area contributed by atoms with Crippen molar-refractivity contribution in [1.82, 2.24) is 9.80 Å². The minimum Gasteiger partial charge on any atom is -0.481 e. The van der Waals surface area contributed by atoms with Gasteiger partial charge in [-0.15, -0.1) is 6.58 Å². The van der Waals surface area contributed by atoms with E-state index in [0.717, 1.165) is 44.9 Å². The Morgan fingerprint density at radius 2 is 1.91 bits per heavy atom. The number of rotatable bonds is 11. The van der Waals surface area contributed by atoms with Crippen molar-refractivity contribution >= 4 is 33.7 Å². The summed E-state index contributed by atoms with van der Waals surface area (Å²) in [6.45, 7) is 4.79. The number of likely N-dealkylation sites (tertiary alicyclic amines) is 1. The van der Waals surface area contributed by atoms with E-state index < -0.39 is 35.6 Å². The fraction of sp³-hybridized carbons (Fsp3) is 0.800. The Balaban J connectivity index is 1.66. The summed E-state index contributed by atoms with van der Waals surface area (Å²) in [5, 5.41) is 19.0. The molecule has 4 fully saturated rings. The zero-order chi connectivity index (χ0) is 24.5. The number of amides is 2. The van der Waals surface area contributed by atoms with Gasteiger partial charge in [-0.25, -0.2) is 0 Å². The molecule has 3 aliphatic heterocycles. The Morgan fingerprint density at radius 1 is 1.21 bits per heavy atom. The molecule has 2 amide bonds. The summed E-state index contributed by atoms with van der Waals surface area (Å²) >= 11 is 3.59. The average molecular weight is 541 g/mol. The third-order valence-corrected chi connectivity index (χ3v) is 9.08. The average Bonchev–Trinajstić information content (AvgIpc) is 3.41. The van der Waals surface area contributed by atoms with Crippen LogP contribution in [0.25, 0.3) is 0 Å². The summed E-state index contributed by atoms with van der Waals surface area (Å²) in [5.74, 6) is -3.24. The number of carboxylic acids is 1. The maximum Gasteiger partial charge on any atom is 0.310 e. The highest BCUT2D eigenvalue weighted by molar-refractivity contribution is 9.09. The molecule has 190 valence electrons. The molecule has 9 heteroatoms. The Labute approximate surface area is 209 Å². The number of aliphatic hydroxyl groups excluding tert-OH is 1. The number of carbonyl (C=O) groups excluding carboxylic acids is 2. The van der Waals surface area contributed by atoms with Crippen molar-refractivity contribution in [2.75, 3.05) is 19.7 Å². The van der Waals surface area contributed by atoms with Crippen molar-refractivity contribution in [3.63, 3.8) is 0 Å². The van der Waals surface area contributed by atoms with E-state index in [1.54, 1.807) is 11.0 Å². The molecule has 3 heterocycles. The molecular weight excluding hydrogens is 504 g/mol. The van der Waals surface area contributed by atoms with Crippen molar-refractivity contribution in [1.29, 1.82) is 0 Å². The number of nitrogens with zero attached hydrogens (tertiary/aromatic N) is 2. The van der Waals surface area contributed by atoms with Gasteiger partial charge < -0.3 is 24.7 Å². The molecule has 1 spiro atoms. The van der Waals surface area contributed by atoms with E-state index in [1.807, 2.05) is 4.90 Å². The van der Waals surface area contributed by atoms with Crippen LogP contribution in [0.2, 0.25) is 0 Å². The van der Waals surface area contributed by atoms with Gasteiger partial charge in [0.05, 0.1) is 17.9 Å². The van der Waals surface area contributed by atoms with Gasteiger partial charge >= 0.3 is 5.97 Å². The van der Waals surface area contributed by atoms with Crippen LogP contribution in [0.1, 0.15) is 64.2 Å². The predicted octanol–water partition coefficient (Wildman–Crippen LogP) is 2.72. The number of fused-ring (bicyclic) bond motifs is 1. The van der Waals surface area contributed by atoms with Crippen LogP contribution in [0.3, 0.4) is 0 Å². The highest BCUT2D eigenvalue weighted by Gasteiger charge is 2.76. The smallest absolute Gasteiger partial charge is 0.310 e. The monoisotopic (exact) mass is 540 g/mol. The predicted molar refractivity (Wildman–Crippen MR) is 129 cm³/mol. The van der Waals surface area contributed by atoms with Crippen molar-refractivity contribution in [2.24, 2.45) is 11.8 Å². The van der Waals surface area contributed by atoms with E-state index in [9.17, 15) is 19.5 Å². The molecule has 6 atom stereocenters. The van der Waals surface area contributed by atoms with E-state index in [-0.39, 0.29) is 29.3 Å². The van der Waals surface area contributed by atoms with Crippen molar-refractivity contribution in [3.05, 3.63) is 12.7 Å². The number of aliphatic hydroxyl groups is 1. The number of ether oxygens (including phenoxy) is 1. The lowest BCUT2D eigenvalue weighted by Crippen LogP contribution is -2.58. The van der Waals surface area contributed by atoms with E-state index in [4.69, 9.17) is 9.84 Å². The zero-order valence-corrected chi connectivity index (χ0v) is 21.3. The third kappa shape index (κ3) is 4.32. The first-order valence-electron chi connectivity index (χ1n) is 12.7. The fourth-order valence-corrected chi connectivity index (χ4v) is 7.73. The van der Waals surface area contributed by atoms with Gasteiger partial charge in [-0.3, -0.25) is 14.4 Å².